The Labute approximate surface area is 139 Å². The van der Waals surface area contributed by atoms with E-state index >= 15 is 0 Å². The maximum absolute atomic E-state index is 12.7. The minimum Gasteiger partial charge on any atom is -0.389 e. The van der Waals surface area contributed by atoms with Crippen molar-refractivity contribution in [2.75, 3.05) is 26.7 Å². The summed E-state index contributed by atoms with van der Waals surface area (Å²) in [5.74, 6) is 0. The lowest BCUT2D eigenvalue weighted by atomic mass is 10.1. The molecular weight excluding hydrogens is 290 g/mol. The van der Waals surface area contributed by atoms with Crippen LogP contribution in [0, 0.1) is 0 Å². The van der Waals surface area contributed by atoms with Gasteiger partial charge in [0.25, 0.3) is 0 Å². The van der Waals surface area contributed by atoms with Gasteiger partial charge in [0.15, 0.2) is 0 Å². The zero-order valence-electron chi connectivity index (χ0n) is 14.5. The molecule has 0 radical (unpaired) electrons. The van der Waals surface area contributed by atoms with Crippen LogP contribution in [0.4, 0.5) is 4.79 Å². The molecule has 0 aliphatic carbocycles. The van der Waals surface area contributed by atoms with Crippen LogP contribution in [0.2, 0.25) is 0 Å². The molecule has 1 aromatic rings. The molecule has 2 rings (SSSR count). The number of carbonyl (C=O) groups is 1. The first-order valence-electron chi connectivity index (χ1n) is 8.34. The fourth-order valence-corrected chi connectivity index (χ4v) is 2.89. The van der Waals surface area contributed by atoms with Crippen LogP contribution in [0.1, 0.15) is 32.3 Å². The number of benzene rings is 1. The van der Waals surface area contributed by atoms with E-state index in [-0.39, 0.29) is 12.1 Å². The number of nitrogens with one attached hydrogen (secondary N) is 1. The van der Waals surface area contributed by atoms with Gasteiger partial charge in [0.05, 0.1) is 12.1 Å². The van der Waals surface area contributed by atoms with Crippen LogP contribution in [0.25, 0.3) is 0 Å². The second-order valence-electron chi connectivity index (χ2n) is 7.18. The van der Waals surface area contributed by atoms with E-state index in [0.29, 0.717) is 13.1 Å². The van der Waals surface area contributed by atoms with Crippen molar-refractivity contribution >= 4 is 6.03 Å². The number of nitrogens with zero attached hydrogens (tertiary/aromatic N) is 2. The third kappa shape index (κ3) is 6.20. The Bertz CT molecular complexity index is 491. The topological polar surface area (TPSA) is 55.8 Å². The maximum atomic E-state index is 12.7. The van der Waals surface area contributed by atoms with Gasteiger partial charge in [-0.25, -0.2) is 4.79 Å². The molecule has 0 aromatic heterocycles. The Morgan fingerprint density at radius 1 is 1.30 bits per heavy atom. The van der Waals surface area contributed by atoms with E-state index in [1.807, 2.05) is 30.3 Å². The van der Waals surface area contributed by atoms with Gasteiger partial charge in [-0.2, -0.15) is 0 Å². The highest BCUT2D eigenvalue weighted by molar-refractivity contribution is 5.74. The van der Waals surface area contributed by atoms with Gasteiger partial charge in [-0.05, 0) is 52.4 Å². The van der Waals surface area contributed by atoms with Crippen LogP contribution in [-0.2, 0) is 6.54 Å². The molecule has 0 saturated carbocycles. The number of carbonyl (C=O) groups excluding carboxylic acids is 1. The monoisotopic (exact) mass is 319 g/mol. The molecule has 1 saturated heterocycles. The Balaban J connectivity index is 1.99. The number of urea groups is 1. The van der Waals surface area contributed by atoms with Crippen molar-refractivity contribution in [3.05, 3.63) is 35.9 Å². The summed E-state index contributed by atoms with van der Waals surface area (Å²) >= 11 is 0. The second-order valence-corrected chi connectivity index (χ2v) is 7.18. The van der Waals surface area contributed by atoms with Gasteiger partial charge < -0.3 is 20.2 Å². The van der Waals surface area contributed by atoms with Crippen molar-refractivity contribution in [3.63, 3.8) is 0 Å². The SMILES string of the molecule is CN1CCC(NC(=O)N(Cc2ccccc2)CC(C)(C)O)CC1. The summed E-state index contributed by atoms with van der Waals surface area (Å²) in [5.41, 5.74) is 0.147. The standard InChI is InChI=1S/C18H29N3O2/c1-18(2,23)14-21(13-15-7-5-4-6-8-15)17(22)19-16-9-11-20(3)12-10-16/h4-8,16,23H,9-14H2,1-3H3,(H,19,22). The first-order valence-corrected chi connectivity index (χ1v) is 8.34. The number of aliphatic hydroxyl groups is 1. The predicted molar refractivity (Wildman–Crippen MR) is 92.2 cm³/mol. The molecule has 1 heterocycles. The lowest BCUT2D eigenvalue weighted by Crippen LogP contribution is -2.51. The minimum atomic E-state index is -0.918. The van der Waals surface area contributed by atoms with Crippen molar-refractivity contribution in [2.45, 2.75) is 44.9 Å². The number of hydrogen-bond donors (Lipinski definition) is 2. The van der Waals surface area contributed by atoms with Crippen LogP contribution in [0.5, 0.6) is 0 Å². The number of hydrogen-bond acceptors (Lipinski definition) is 3. The molecule has 2 amide bonds. The van der Waals surface area contributed by atoms with Crippen molar-refractivity contribution in [2.24, 2.45) is 0 Å². The average molecular weight is 319 g/mol. The maximum Gasteiger partial charge on any atom is 0.318 e. The molecule has 128 valence electrons. The number of piperidine rings is 1. The molecule has 23 heavy (non-hydrogen) atoms. The van der Waals surface area contributed by atoms with Crippen LogP contribution in [-0.4, -0.2) is 59.3 Å². The van der Waals surface area contributed by atoms with Gasteiger partial charge >= 0.3 is 6.03 Å². The fourth-order valence-electron chi connectivity index (χ4n) is 2.89. The highest BCUT2D eigenvalue weighted by Gasteiger charge is 2.25. The Morgan fingerprint density at radius 3 is 2.48 bits per heavy atom. The van der Waals surface area contributed by atoms with Gasteiger partial charge in [-0.15, -0.1) is 0 Å². The van der Waals surface area contributed by atoms with Crippen LogP contribution in [0.15, 0.2) is 30.3 Å². The Hall–Kier alpha value is -1.59. The van der Waals surface area contributed by atoms with Crippen molar-refractivity contribution in [3.8, 4) is 0 Å². The van der Waals surface area contributed by atoms with E-state index in [9.17, 15) is 9.90 Å². The Kier molecular flexibility index (Phi) is 6.02. The molecule has 1 fully saturated rings. The first kappa shape index (κ1) is 17.8. The summed E-state index contributed by atoms with van der Waals surface area (Å²) in [4.78, 5) is 16.6. The average Bonchev–Trinajstić information content (AvgIpc) is 2.48. The third-order valence-corrected chi connectivity index (χ3v) is 4.13. The van der Waals surface area contributed by atoms with Gasteiger partial charge in [0, 0.05) is 12.6 Å². The molecule has 0 unspecified atom stereocenters. The second kappa shape index (κ2) is 7.79. The van der Waals surface area contributed by atoms with Crippen molar-refractivity contribution < 1.29 is 9.90 Å². The molecule has 5 nitrogen and oxygen atoms in total. The molecule has 1 aliphatic rings. The van der Waals surface area contributed by atoms with Crippen molar-refractivity contribution in [1.29, 1.82) is 0 Å². The third-order valence-electron chi connectivity index (χ3n) is 4.13. The first-order chi connectivity index (χ1) is 10.8. The van der Waals surface area contributed by atoms with E-state index in [2.05, 4.69) is 17.3 Å². The summed E-state index contributed by atoms with van der Waals surface area (Å²) in [6, 6.07) is 10.0. The van der Waals surface area contributed by atoms with Crippen LogP contribution >= 0.6 is 0 Å². The molecule has 0 spiro atoms. The van der Waals surface area contributed by atoms with E-state index in [4.69, 9.17) is 0 Å². The van der Waals surface area contributed by atoms with Gasteiger partial charge in [0.2, 0.25) is 0 Å². The normalized spacial score (nSPS) is 17.0. The van der Waals surface area contributed by atoms with Crippen molar-refractivity contribution in [1.82, 2.24) is 15.1 Å². The van der Waals surface area contributed by atoms with E-state index in [0.717, 1.165) is 31.5 Å². The summed E-state index contributed by atoms with van der Waals surface area (Å²) in [6.45, 7) is 6.29. The fraction of sp³-hybridized carbons (Fsp3) is 0.611. The van der Waals surface area contributed by atoms with Crippen LogP contribution in [0.3, 0.4) is 0 Å². The molecule has 1 aliphatic heterocycles. The molecule has 1 aromatic carbocycles. The zero-order chi connectivity index (χ0) is 16.9. The molecular formula is C18H29N3O2. The number of amides is 2. The van der Waals surface area contributed by atoms with Gasteiger partial charge in [0.1, 0.15) is 0 Å². The van der Waals surface area contributed by atoms with Gasteiger partial charge in [-0.1, -0.05) is 30.3 Å². The van der Waals surface area contributed by atoms with E-state index < -0.39 is 5.60 Å². The number of rotatable bonds is 5. The molecule has 0 bridgehead atoms. The quantitative estimate of drug-likeness (QED) is 0.873. The zero-order valence-corrected chi connectivity index (χ0v) is 14.5. The van der Waals surface area contributed by atoms with Crippen LogP contribution < -0.4 is 5.32 Å². The summed E-state index contributed by atoms with van der Waals surface area (Å²) in [6.07, 6.45) is 1.95. The lowest BCUT2D eigenvalue weighted by molar-refractivity contribution is 0.0437. The van der Waals surface area contributed by atoms with Gasteiger partial charge in [-0.3, -0.25) is 0 Å². The summed E-state index contributed by atoms with van der Waals surface area (Å²) in [5, 5.41) is 13.3. The molecule has 0 atom stereocenters. The highest BCUT2D eigenvalue weighted by Crippen LogP contribution is 2.13. The van der Waals surface area contributed by atoms with E-state index in [1.165, 1.54) is 0 Å². The summed E-state index contributed by atoms with van der Waals surface area (Å²) < 4.78 is 0. The van der Waals surface area contributed by atoms with E-state index in [1.54, 1.807) is 18.7 Å². The number of likely N-dealkylation sites (tertiary alicyclic amines) is 1. The largest absolute Gasteiger partial charge is 0.389 e. The molecule has 5 heteroatoms. The summed E-state index contributed by atoms with van der Waals surface area (Å²) in [7, 11) is 2.11. The predicted octanol–water partition coefficient (Wildman–Crippen LogP) is 2.06. The highest BCUT2D eigenvalue weighted by atomic mass is 16.3. The minimum absolute atomic E-state index is 0.0921. The smallest absolute Gasteiger partial charge is 0.318 e. The Morgan fingerprint density at radius 2 is 1.91 bits per heavy atom. The lowest BCUT2D eigenvalue weighted by Gasteiger charge is -2.34. The molecule has 2 N–H and O–H groups in total.